The molecule has 0 spiro atoms. The van der Waals surface area contributed by atoms with Crippen molar-refractivity contribution in [2.24, 2.45) is 47.3 Å². The molecule has 0 amide bonds. The lowest BCUT2D eigenvalue weighted by atomic mass is 9.49. The minimum atomic E-state index is -0.666. The third-order valence-corrected chi connectivity index (χ3v) is 8.63. The van der Waals surface area contributed by atoms with Crippen LogP contribution in [0.5, 0.6) is 0 Å². The zero-order valence-electron chi connectivity index (χ0n) is 15.8. The lowest BCUT2D eigenvalue weighted by Crippen LogP contribution is -2.52. The van der Waals surface area contributed by atoms with E-state index in [0.717, 1.165) is 38.5 Å². The number of carbonyl (C=O) groups is 2. The molecule has 0 saturated heterocycles. The topological polar surface area (TPSA) is 74.6 Å². The van der Waals surface area contributed by atoms with Crippen LogP contribution in [-0.4, -0.2) is 22.2 Å². The minimum Gasteiger partial charge on any atom is -0.481 e. The molecule has 0 aromatic heterocycles. The molecule has 0 bridgehead atoms. The van der Waals surface area contributed by atoms with Crippen molar-refractivity contribution in [3.8, 4) is 0 Å². The fourth-order valence-corrected chi connectivity index (χ4v) is 7.66. The summed E-state index contributed by atoms with van der Waals surface area (Å²) in [5.41, 5.74) is 0. The van der Waals surface area contributed by atoms with Gasteiger partial charge >= 0.3 is 11.9 Å². The van der Waals surface area contributed by atoms with Crippen LogP contribution >= 0.6 is 0 Å². The second-order valence-electron chi connectivity index (χ2n) is 9.62. The van der Waals surface area contributed by atoms with Crippen LogP contribution in [0.4, 0.5) is 0 Å². The Kier molecular flexibility index (Phi) is 5.29. The Hall–Kier alpha value is -1.06. The average molecular weight is 363 g/mol. The normalized spacial score (nSPS) is 46.0. The molecular weight excluding hydrogens is 328 g/mol. The highest BCUT2D eigenvalue weighted by Crippen LogP contribution is 2.57. The van der Waals surface area contributed by atoms with Gasteiger partial charge in [0, 0.05) is 0 Å². The first-order chi connectivity index (χ1) is 12.6. The molecule has 4 aliphatic carbocycles. The van der Waals surface area contributed by atoms with Gasteiger partial charge in [-0.05, 0) is 74.0 Å². The molecule has 4 fully saturated rings. The molecule has 0 radical (unpaired) electrons. The maximum absolute atomic E-state index is 12.2. The van der Waals surface area contributed by atoms with Crippen molar-refractivity contribution < 1.29 is 19.8 Å². The lowest BCUT2D eigenvalue weighted by molar-refractivity contribution is -0.163. The molecular formula is C22H34O4. The Morgan fingerprint density at radius 3 is 1.31 bits per heavy atom. The van der Waals surface area contributed by atoms with Gasteiger partial charge in [-0.3, -0.25) is 9.59 Å². The maximum atomic E-state index is 12.2. The monoisotopic (exact) mass is 362 g/mol. The summed E-state index contributed by atoms with van der Waals surface area (Å²) in [5, 5.41) is 20.0. The molecule has 146 valence electrons. The summed E-state index contributed by atoms with van der Waals surface area (Å²) in [5.74, 6) is 0.408. The fourth-order valence-electron chi connectivity index (χ4n) is 7.66. The molecule has 4 aliphatic rings. The van der Waals surface area contributed by atoms with Crippen molar-refractivity contribution in [2.45, 2.75) is 77.0 Å². The van der Waals surface area contributed by atoms with Gasteiger partial charge in [0.25, 0.3) is 0 Å². The van der Waals surface area contributed by atoms with Gasteiger partial charge in [0.15, 0.2) is 0 Å². The highest BCUT2D eigenvalue weighted by Gasteiger charge is 2.54. The van der Waals surface area contributed by atoms with Gasteiger partial charge in [0.1, 0.15) is 0 Å². The minimum absolute atomic E-state index is 0.0959. The largest absolute Gasteiger partial charge is 0.481 e. The number of fused-ring (bicyclic) bond motifs is 2. The van der Waals surface area contributed by atoms with Crippen LogP contribution < -0.4 is 0 Å². The highest BCUT2D eigenvalue weighted by molar-refractivity contribution is 5.72. The van der Waals surface area contributed by atoms with Gasteiger partial charge < -0.3 is 10.2 Å². The number of hydrogen-bond donors (Lipinski definition) is 2. The number of hydrogen-bond acceptors (Lipinski definition) is 2. The molecule has 4 nitrogen and oxygen atoms in total. The van der Waals surface area contributed by atoms with E-state index in [1.807, 2.05) is 0 Å². The molecule has 4 heteroatoms. The molecule has 2 N–H and O–H groups in total. The van der Waals surface area contributed by atoms with Gasteiger partial charge in [0.2, 0.25) is 0 Å². The van der Waals surface area contributed by atoms with E-state index < -0.39 is 11.9 Å². The number of aliphatic carboxylic acids is 2. The van der Waals surface area contributed by atoms with E-state index in [1.54, 1.807) is 0 Å². The summed E-state index contributed by atoms with van der Waals surface area (Å²) in [6, 6.07) is 0. The Labute approximate surface area is 156 Å². The van der Waals surface area contributed by atoms with E-state index in [0.29, 0.717) is 23.7 Å². The van der Waals surface area contributed by atoms with Gasteiger partial charge in [-0.2, -0.15) is 0 Å². The summed E-state index contributed by atoms with van der Waals surface area (Å²) in [6.45, 7) is 0. The fraction of sp³-hybridized carbons (Fsp3) is 0.909. The van der Waals surface area contributed by atoms with Crippen LogP contribution in [-0.2, 0) is 9.59 Å². The van der Waals surface area contributed by atoms with Crippen molar-refractivity contribution in [2.75, 3.05) is 0 Å². The summed E-state index contributed by atoms with van der Waals surface area (Å²) in [7, 11) is 0. The van der Waals surface area contributed by atoms with Crippen molar-refractivity contribution in [3.05, 3.63) is 0 Å². The Morgan fingerprint density at radius 2 is 0.923 bits per heavy atom. The zero-order valence-corrected chi connectivity index (χ0v) is 15.8. The standard InChI is InChI=1S/C22H34O4/c23-21(24)17-11-9-13-5-1-3-7-15(13)19(17)20-16-8-4-2-6-14(16)10-12-18(20)22(25)26/h13-20H,1-12H2,(H,23,24)(H,25,26). The first-order valence-corrected chi connectivity index (χ1v) is 11.0. The number of carboxylic acid groups (broad SMARTS) is 2. The van der Waals surface area contributed by atoms with Crippen LogP contribution in [0.25, 0.3) is 0 Å². The summed E-state index contributed by atoms with van der Waals surface area (Å²) < 4.78 is 0. The molecule has 0 aromatic rings. The van der Waals surface area contributed by atoms with Crippen molar-refractivity contribution in [1.29, 1.82) is 0 Å². The molecule has 4 saturated carbocycles. The van der Waals surface area contributed by atoms with E-state index in [-0.39, 0.29) is 23.7 Å². The van der Waals surface area contributed by atoms with Crippen molar-refractivity contribution >= 4 is 11.9 Å². The van der Waals surface area contributed by atoms with Gasteiger partial charge in [0.05, 0.1) is 11.8 Å². The van der Waals surface area contributed by atoms with Crippen molar-refractivity contribution in [1.82, 2.24) is 0 Å². The molecule has 0 aromatic carbocycles. The first kappa shape index (κ1) is 18.3. The Morgan fingerprint density at radius 1 is 0.538 bits per heavy atom. The Balaban J connectivity index is 1.71. The SMILES string of the molecule is O=C(O)C1CCC2CCCCC2C1C1C(C(=O)O)CCC2CCCCC21. The summed E-state index contributed by atoms with van der Waals surface area (Å²) in [4.78, 5) is 24.3. The molecule has 8 atom stereocenters. The summed E-state index contributed by atoms with van der Waals surface area (Å²) >= 11 is 0. The van der Waals surface area contributed by atoms with Crippen LogP contribution in [0.15, 0.2) is 0 Å². The molecule has 8 unspecified atom stereocenters. The lowest BCUT2D eigenvalue weighted by Gasteiger charge is -2.54. The van der Waals surface area contributed by atoms with E-state index in [1.165, 1.54) is 38.5 Å². The molecule has 0 aliphatic heterocycles. The van der Waals surface area contributed by atoms with Crippen LogP contribution in [0, 0.1) is 47.3 Å². The van der Waals surface area contributed by atoms with Crippen LogP contribution in [0.1, 0.15) is 77.0 Å². The van der Waals surface area contributed by atoms with Crippen LogP contribution in [0.2, 0.25) is 0 Å². The van der Waals surface area contributed by atoms with Gasteiger partial charge in [-0.15, -0.1) is 0 Å². The first-order valence-electron chi connectivity index (χ1n) is 11.0. The van der Waals surface area contributed by atoms with Gasteiger partial charge in [-0.25, -0.2) is 0 Å². The highest BCUT2D eigenvalue weighted by atomic mass is 16.4. The van der Waals surface area contributed by atoms with Crippen molar-refractivity contribution in [3.63, 3.8) is 0 Å². The smallest absolute Gasteiger partial charge is 0.306 e. The number of carboxylic acids is 2. The predicted molar refractivity (Wildman–Crippen MR) is 98.6 cm³/mol. The van der Waals surface area contributed by atoms with E-state index in [4.69, 9.17) is 0 Å². The molecule has 26 heavy (non-hydrogen) atoms. The zero-order chi connectivity index (χ0) is 18.3. The second kappa shape index (κ2) is 7.52. The molecule has 4 rings (SSSR count). The average Bonchev–Trinajstić information content (AvgIpc) is 2.66. The quantitative estimate of drug-likeness (QED) is 0.755. The predicted octanol–water partition coefficient (Wildman–Crippen LogP) is 4.82. The summed E-state index contributed by atoms with van der Waals surface area (Å²) in [6.07, 6.45) is 13.2. The second-order valence-corrected chi connectivity index (χ2v) is 9.62. The van der Waals surface area contributed by atoms with E-state index in [9.17, 15) is 19.8 Å². The van der Waals surface area contributed by atoms with E-state index in [2.05, 4.69) is 0 Å². The molecule has 0 heterocycles. The van der Waals surface area contributed by atoms with E-state index >= 15 is 0 Å². The van der Waals surface area contributed by atoms with Crippen LogP contribution in [0.3, 0.4) is 0 Å². The third-order valence-electron chi connectivity index (χ3n) is 8.63. The number of rotatable bonds is 3. The van der Waals surface area contributed by atoms with Gasteiger partial charge in [-0.1, -0.05) is 38.5 Å². The maximum Gasteiger partial charge on any atom is 0.306 e. The Bertz CT molecular complexity index is 496. The third kappa shape index (κ3) is 3.18.